The number of fused-ring (bicyclic) bond motifs is 1. The summed E-state index contributed by atoms with van der Waals surface area (Å²) in [6.45, 7) is 2.48. The summed E-state index contributed by atoms with van der Waals surface area (Å²) in [4.78, 5) is 12.4. The summed E-state index contributed by atoms with van der Waals surface area (Å²) >= 11 is 0. The number of aryl methyl sites for hydroxylation is 2. The molecule has 1 aromatic heterocycles. The Kier molecular flexibility index (Phi) is 3.11. The van der Waals surface area contributed by atoms with Gasteiger partial charge in [-0.3, -0.25) is 9.13 Å². The van der Waals surface area contributed by atoms with Crippen LogP contribution in [-0.4, -0.2) is 9.13 Å². The molecule has 0 unspecified atom stereocenters. The van der Waals surface area contributed by atoms with E-state index < -0.39 is 0 Å². The van der Waals surface area contributed by atoms with Gasteiger partial charge in [-0.05, 0) is 42.3 Å². The number of aromatic nitrogens is 2. The van der Waals surface area contributed by atoms with Crippen molar-refractivity contribution in [1.82, 2.24) is 9.13 Å². The minimum absolute atomic E-state index is 0.0278. The molecule has 0 N–H and O–H groups in total. The SMILES string of the molecule is Cc1cc(C#N)ccc1Cn1c(=O)n(C)c2ccccc21. The van der Waals surface area contributed by atoms with Crippen LogP contribution in [0, 0.1) is 18.3 Å². The Morgan fingerprint density at radius 2 is 1.86 bits per heavy atom. The lowest BCUT2D eigenvalue weighted by Crippen LogP contribution is -2.23. The predicted octanol–water partition coefficient (Wildman–Crippen LogP) is 2.57. The van der Waals surface area contributed by atoms with Crippen molar-refractivity contribution in [2.75, 3.05) is 0 Å². The fourth-order valence-electron chi connectivity index (χ4n) is 2.63. The van der Waals surface area contributed by atoms with Gasteiger partial charge in [-0.25, -0.2) is 4.79 Å². The molecular formula is C17H15N3O. The molecule has 0 spiro atoms. The molecule has 0 aliphatic rings. The molecule has 1 heterocycles. The summed E-state index contributed by atoms with van der Waals surface area (Å²) in [5.74, 6) is 0. The van der Waals surface area contributed by atoms with E-state index >= 15 is 0 Å². The average Bonchev–Trinajstić information content (AvgIpc) is 2.74. The minimum atomic E-state index is -0.0278. The molecule has 0 aliphatic heterocycles. The van der Waals surface area contributed by atoms with Crippen molar-refractivity contribution in [3.05, 3.63) is 69.6 Å². The van der Waals surface area contributed by atoms with Gasteiger partial charge in [0.15, 0.2) is 0 Å². The molecule has 21 heavy (non-hydrogen) atoms. The van der Waals surface area contributed by atoms with E-state index in [0.717, 1.165) is 22.2 Å². The van der Waals surface area contributed by atoms with Crippen LogP contribution in [0.15, 0.2) is 47.3 Å². The Morgan fingerprint density at radius 3 is 2.52 bits per heavy atom. The van der Waals surface area contributed by atoms with Crippen molar-refractivity contribution < 1.29 is 0 Å². The van der Waals surface area contributed by atoms with Gasteiger partial charge >= 0.3 is 5.69 Å². The van der Waals surface area contributed by atoms with Gasteiger partial charge in [0.2, 0.25) is 0 Å². The van der Waals surface area contributed by atoms with E-state index in [-0.39, 0.29) is 5.69 Å². The van der Waals surface area contributed by atoms with Gasteiger partial charge in [0.1, 0.15) is 0 Å². The molecule has 2 aromatic carbocycles. The summed E-state index contributed by atoms with van der Waals surface area (Å²) in [7, 11) is 1.78. The van der Waals surface area contributed by atoms with Crippen molar-refractivity contribution in [2.24, 2.45) is 7.05 Å². The highest BCUT2D eigenvalue weighted by molar-refractivity contribution is 5.76. The highest BCUT2D eigenvalue weighted by Gasteiger charge is 2.11. The third kappa shape index (κ3) is 2.13. The highest BCUT2D eigenvalue weighted by Crippen LogP contribution is 2.16. The van der Waals surface area contributed by atoms with Gasteiger partial charge in [0.25, 0.3) is 0 Å². The topological polar surface area (TPSA) is 50.7 Å². The maximum Gasteiger partial charge on any atom is 0.329 e. The molecule has 3 aromatic rings. The Hall–Kier alpha value is -2.80. The van der Waals surface area contributed by atoms with E-state index in [1.807, 2.05) is 43.3 Å². The molecule has 0 fully saturated rings. The van der Waals surface area contributed by atoms with E-state index in [1.54, 1.807) is 22.2 Å². The molecule has 0 atom stereocenters. The molecule has 4 heteroatoms. The minimum Gasteiger partial charge on any atom is -0.295 e. The number of imidazole rings is 1. The maximum absolute atomic E-state index is 12.4. The summed E-state index contributed by atoms with van der Waals surface area (Å²) in [5.41, 5.74) is 4.53. The zero-order chi connectivity index (χ0) is 15.0. The van der Waals surface area contributed by atoms with E-state index in [4.69, 9.17) is 5.26 Å². The first-order valence-electron chi connectivity index (χ1n) is 6.75. The third-order valence-electron chi connectivity index (χ3n) is 3.85. The van der Waals surface area contributed by atoms with Crippen LogP contribution in [0.2, 0.25) is 0 Å². The first-order chi connectivity index (χ1) is 10.1. The van der Waals surface area contributed by atoms with E-state index in [2.05, 4.69) is 6.07 Å². The molecule has 0 amide bonds. The second kappa shape index (κ2) is 4.95. The number of nitriles is 1. The van der Waals surface area contributed by atoms with Gasteiger partial charge in [-0.1, -0.05) is 18.2 Å². The monoisotopic (exact) mass is 277 g/mol. The third-order valence-corrected chi connectivity index (χ3v) is 3.85. The number of hydrogen-bond acceptors (Lipinski definition) is 2. The summed E-state index contributed by atoms with van der Waals surface area (Å²) in [6, 6.07) is 15.5. The van der Waals surface area contributed by atoms with Crippen LogP contribution in [0.3, 0.4) is 0 Å². The summed E-state index contributed by atoms with van der Waals surface area (Å²) in [5, 5.41) is 8.92. The smallest absolute Gasteiger partial charge is 0.295 e. The van der Waals surface area contributed by atoms with Crippen LogP contribution in [0.1, 0.15) is 16.7 Å². The number of para-hydroxylation sites is 2. The Bertz CT molecular complexity index is 925. The van der Waals surface area contributed by atoms with Crippen LogP contribution >= 0.6 is 0 Å². The normalized spacial score (nSPS) is 10.7. The number of nitrogens with zero attached hydrogens (tertiary/aromatic N) is 3. The van der Waals surface area contributed by atoms with Gasteiger partial charge in [-0.15, -0.1) is 0 Å². The van der Waals surface area contributed by atoms with Crippen LogP contribution in [0.5, 0.6) is 0 Å². The van der Waals surface area contributed by atoms with Crippen LogP contribution in [-0.2, 0) is 13.6 Å². The second-order valence-electron chi connectivity index (χ2n) is 5.17. The Labute approximate surface area is 122 Å². The lowest BCUT2D eigenvalue weighted by Gasteiger charge is -2.07. The molecule has 0 radical (unpaired) electrons. The fraction of sp³-hybridized carbons (Fsp3) is 0.176. The van der Waals surface area contributed by atoms with Crippen LogP contribution in [0.25, 0.3) is 11.0 Å². The van der Waals surface area contributed by atoms with Gasteiger partial charge in [0, 0.05) is 7.05 Å². The molecule has 0 saturated heterocycles. The van der Waals surface area contributed by atoms with Gasteiger partial charge in [-0.2, -0.15) is 5.26 Å². The molecule has 0 saturated carbocycles. The lowest BCUT2D eigenvalue weighted by atomic mass is 10.1. The zero-order valence-electron chi connectivity index (χ0n) is 12.0. The largest absolute Gasteiger partial charge is 0.329 e. The molecule has 104 valence electrons. The quantitative estimate of drug-likeness (QED) is 0.723. The van der Waals surface area contributed by atoms with Crippen molar-refractivity contribution in [2.45, 2.75) is 13.5 Å². The van der Waals surface area contributed by atoms with Crippen molar-refractivity contribution in [3.8, 4) is 6.07 Å². The number of benzene rings is 2. The second-order valence-corrected chi connectivity index (χ2v) is 5.17. The molecular weight excluding hydrogens is 262 g/mol. The Balaban J connectivity index is 2.13. The number of rotatable bonds is 2. The van der Waals surface area contributed by atoms with Crippen molar-refractivity contribution >= 4 is 11.0 Å². The zero-order valence-corrected chi connectivity index (χ0v) is 12.0. The van der Waals surface area contributed by atoms with E-state index in [9.17, 15) is 4.79 Å². The summed E-state index contributed by atoms with van der Waals surface area (Å²) < 4.78 is 3.43. The maximum atomic E-state index is 12.4. The lowest BCUT2D eigenvalue weighted by molar-refractivity contribution is 0.733. The van der Waals surface area contributed by atoms with E-state index in [0.29, 0.717) is 12.1 Å². The molecule has 4 nitrogen and oxygen atoms in total. The molecule has 3 rings (SSSR count). The molecule has 0 bridgehead atoms. The average molecular weight is 277 g/mol. The van der Waals surface area contributed by atoms with Crippen LogP contribution in [0.4, 0.5) is 0 Å². The van der Waals surface area contributed by atoms with Gasteiger partial charge < -0.3 is 0 Å². The highest BCUT2D eigenvalue weighted by atomic mass is 16.1. The first kappa shape index (κ1) is 13.2. The molecule has 0 aliphatic carbocycles. The van der Waals surface area contributed by atoms with E-state index in [1.165, 1.54) is 0 Å². The predicted molar refractivity (Wildman–Crippen MR) is 82.2 cm³/mol. The first-order valence-corrected chi connectivity index (χ1v) is 6.75. The van der Waals surface area contributed by atoms with Gasteiger partial charge in [0.05, 0.1) is 29.2 Å². The van der Waals surface area contributed by atoms with Crippen molar-refractivity contribution in [1.29, 1.82) is 5.26 Å². The standard InChI is InChI=1S/C17H15N3O/c1-12-9-13(10-18)7-8-14(12)11-20-16-6-4-3-5-15(16)19(2)17(20)21/h3-9H,11H2,1-2H3. The van der Waals surface area contributed by atoms with Crippen LogP contribution < -0.4 is 5.69 Å². The van der Waals surface area contributed by atoms with Crippen molar-refractivity contribution in [3.63, 3.8) is 0 Å². The Morgan fingerprint density at radius 1 is 1.14 bits per heavy atom. The summed E-state index contributed by atoms with van der Waals surface area (Å²) in [6.07, 6.45) is 0. The fourth-order valence-corrected chi connectivity index (χ4v) is 2.63. The number of hydrogen-bond donors (Lipinski definition) is 0.